The second-order valence-corrected chi connectivity index (χ2v) is 5.61. The first-order valence-corrected chi connectivity index (χ1v) is 7.85. The summed E-state index contributed by atoms with van der Waals surface area (Å²) in [5.74, 6) is -0.938. The summed E-state index contributed by atoms with van der Waals surface area (Å²) in [5, 5.41) is 12.1. The minimum Gasteiger partial charge on any atom is -0.481 e. The Hall–Kier alpha value is -1.26. The zero-order valence-corrected chi connectivity index (χ0v) is 12.7. The second-order valence-electron chi connectivity index (χ2n) is 5.61. The number of nitrogens with one attached hydrogen (secondary N) is 1. The minimum absolute atomic E-state index is 0.0596. The molecule has 116 valence electrons. The van der Waals surface area contributed by atoms with Gasteiger partial charge in [0.15, 0.2) is 0 Å². The van der Waals surface area contributed by atoms with Crippen LogP contribution in [0.25, 0.3) is 0 Å². The number of urea groups is 1. The van der Waals surface area contributed by atoms with Crippen LogP contribution in [-0.2, 0) is 4.79 Å². The van der Waals surface area contributed by atoms with Crippen LogP contribution in [0.4, 0.5) is 4.79 Å². The van der Waals surface area contributed by atoms with Gasteiger partial charge < -0.3 is 15.3 Å². The van der Waals surface area contributed by atoms with E-state index in [0.29, 0.717) is 13.1 Å². The fourth-order valence-electron chi connectivity index (χ4n) is 2.86. The Labute approximate surface area is 121 Å². The predicted octanol–water partition coefficient (Wildman–Crippen LogP) is 2.71. The maximum atomic E-state index is 12.1. The van der Waals surface area contributed by atoms with Gasteiger partial charge in [-0.1, -0.05) is 26.2 Å². The highest BCUT2D eigenvalue weighted by Crippen LogP contribution is 2.29. The third kappa shape index (κ3) is 5.02. The zero-order chi connectivity index (χ0) is 15.0. The summed E-state index contributed by atoms with van der Waals surface area (Å²) in [7, 11) is 0. The summed E-state index contributed by atoms with van der Waals surface area (Å²) >= 11 is 0. The van der Waals surface area contributed by atoms with Gasteiger partial charge >= 0.3 is 12.0 Å². The lowest BCUT2D eigenvalue weighted by Gasteiger charge is -2.29. The summed E-state index contributed by atoms with van der Waals surface area (Å²) < 4.78 is 0. The van der Waals surface area contributed by atoms with Crippen molar-refractivity contribution < 1.29 is 14.7 Å². The molecule has 0 saturated heterocycles. The third-order valence-corrected chi connectivity index (χ3v) is 4.19. The average Bonchev–Trinajstić information content (AvgIpc) is 2.46. The van der Waals surface area contributed by atoms with E-state index in [1.807, 2.05) is 6.92 Å². The standard InChI is InChI=1S/C15H28N2O3/c1-3-5-10-17(4-2)15(20)16-11-12-8-6-7-9-13(12)14(18)19/h12-13H,3-11H2,1-2H3,(H,16,20)(H,18,19). The number of hydrogen-bond donors (Lipinski definition) is 2. The molecule has 2 N–H and O–H groups in total. The van der Waals surface area contributed by atoms with Crippen molar-refractivity contribution in [3.63, 3.8) is 0 Å². The molecule has 1 rings (SSSR count). The molecule has 0 aliphatic heterocycles. The smallest absolute Gasteiger partial charge is 0.317 e. The van der Waals surface area contributed by atoms with E-state index < -0.39 is 5.97 Å². The number of aliphatic carboxylic acids is 1. The Bertz CT molecular complexity index is 320. The van der Waals surface area contributed by atoms with Crippen molar-refractivity contribution in [1.29, 1.82) is 0 Å². The molecule has 2 unspecified atom stereocenters. The lowest BCUT2D eigenvalue weighted by Crippen LogP contribution is -2.44. The Kier molecular flexibility index (Phi) is 7.41. The Morgan fingerprint density at radius 2 is 1.95 bits per heavy atom. The highest BCUT2D eigenvalue weighted by atomic mass is 16.4. The largest absolute Gasteiger partial charge is 0.481 e. The minimum atomic E-state index is -0.720. The number of carboxylic acids is 1. The normalized spacial score (nSPS) is 22.3. The van der Waals surface area contributed by atoms with E-state index in [9.17, 15) is 14.7 Å². The van der Waals surface area contributed by atoms with Crippen molar-refractivity contribution in [3.8, 4) is 0 Å². The molecular weight excluding hydrogens is 256 g/mol. The van der Waals surface area contributed by atoms with Crippen LogP contribution in [0.2, 0.25) is 0 Å². The molecule has 0 heterocycles. The Morgan fingerprint density at radius 1 is 1.25 bits per heavy atom. The van der Waals surface area contributed by atoms with Crippen molar-refractivity contribution in [2.24, 2.45) is 11.8 Å². The Balaban J connectivity index is 2.43. The van der Waals surface area contributed by atoms with Crippen LogP contribution >= 0.6 is 0 Å². The van der Waals surface area contributed by atoms with E-state index in [1.165, 1.54) is 0 Å². The van der Waals surface area contributed by atoms with Gasteiger partial charge in [-0.05, 0) is 32.1 Å². The van der Waals surface area contributed by atoms with E-state index in [0.717, 1.165) is 45.1 Å². The van der Waals surface area contributed by atoms with Gasteiger partial charge in [-0.15, -0.1) is 0 Å². The predicted molar refractivity (Wildman–Crippen MR) is 78.6 cm³/mol. The number of hydrogen-bond acceptors (Lipinski definition) is 2. The highest BCUT2D eigenvalue weighted by Gasteiger charge is 2.31. The van der Waals surface area contributed by atoms with Crippen molar-refractivity contribution in [2.45, 2.75) is 52.4 Å². The van der Waals surface area contributed by atoms with Crippen LogP contribution in [0.15, 0.2) is 0 Å². The quantitative estimate of drug-likeness (QED) is 0.755. The molecule has 0 bridgehead atoms. The monoisotopic (exact) mass is 284 g/mol. The molecule has 1 saturated carbocycles. The molecule has 1 fully saturated rings. The van der Waals surface area contributed by atoms with Crippen LogP contribution in [0.1, 0.15) is 52.4 Å². The lowest BCUT2D eigenvalue weighted by atomic mass is 9.79. The number of amides is 2. The van der Waals surface area contributed by atoms with E-state index in [2.05, 4.69) is 12.2 Å². The Morgan fingerprint density at radius 3 is 2.55 bits per heavy atom. The SMILES string of the molecule is CCCCN(CC)C(=O)NCC1CCCCC1C(=O)O. The molecule has 5 nitrogen and oxygen atoms in total. The van der Waals surface area contributed by atoms with Crippen molar-refractivity contribution in [2.75, 3.05) is 19.6 Å². The summed E-state index contributed by atoms with van der Waals surface area (Å²) in [4.78, 5) is 25.1. The molecule has 0 spiro atoms. The fraction of sp³-hybridized carbons (Fsp3) is 0.867. The van der Waals surface area contributed by atoms with Gasteiger partial charge in [0, 0.05) is 19.6 Å². The van der Waals surface area contributed by atoms with Crippen molar-refractivity contribution in [3.05, 3.63) is 0 Å². The van der Waals surface area contributed by atoms with Gasteiger partial charge in [0.2, 0.25) is 0 Å². The molecule has 2 atom stereocenters. The fourth-order valence-corrected chi connectivity index (χ4v) is 2.86. The first kappa shape index (κ1) is 16.8. The molecule has 2 amide bonds. The van der Waals surface area contributed by atoms with Crippen molar-refractivity contribution >= 4 is 12.0 Å². The van der Waals surface area contributed by atoms with E-state index in [1.54, 1.807) is 4.90 Å². The van der Waals surface area contributed by atoms with Crippen LogP contribution < -0.4 is 5.32 Å². The number of rotatable bonds is 7. The molecule has 0 aromatic carbocycles. The van der Waals surface area contributed by atoms with Gasteiger partial charge in [0.1, 0.15) is 0 Å². The summed E-state index contributed by atoms with van der Waals surface area (Å²) in [6.45, 7) is 6.02. The lowest BCUT2D eigenvalue weighted by molar-refractivity contribution is -0.144. The molecule has 1 aliphatic rings. The maximum Gasteiger partial charge on any atom is 0.317 e. The maximum absolute atomic E-state index is 12.1. The summed E-state index contributed by atoms with van der Waals surface area (Å²) in [6.07, 6.45) is 5.76. The van der Waals surface area contributed by atoms with Crippen LogP contribution in [0, 0.1) is 11.8 Å². The summed E-state index contributed by atoms with van der Waals surface area (Å²) in [6, 6.07) is -0.0596. The number of carbonyl (C=O) groups excluding carboxylic acids is 1. The molecule has 0 aromatic heterocycles. The second kappa shape index (κ2) is 8.82. The van der Waals surface area contributed by atoms with E-state index in [-0.39, 0.29) is 17.9 Å². The molecule has 5 heteroatoms. The van der Waals surface area contributed by atoms with Gasteiger partial charge in [-0.25, -0.2) is 4.79 Å². The molecule has 0 aromatic rings. The zero-order valence-electron chi connectivity index (χ0n) is 12.7. The van der Waals surface area contributed by atoms with E-state index >= 15 is 0 Å². The number of carboxylic acid groups (broad SMARTS) is 1. The van der Waals surface area contributed by atoms with Crippen LogP contribution in [-0.4, -0.2) is 41.6 Å². The molecule has 1 aliphatic carbocycles. The number of nitrogens with zero attached hydrogens (tertiary/aromatic N) is 1. The number of carbonyl (C=O) groups is 2. The molecule has 0 radical (unpaired) electrons. The van der Waals surface area contributed by atoms with E-state index in [4.69, 9.17) is 0 Å². The first-order chi connectivity index (χ1) is 9.60. The van der Waals surface area contributed by atoms with Crippen LogP contribution in [0.5, 0.6) is 0 Å². The van der Waals surface area contributed by atoms with Gasteiger partial charge in [-0.3, -0.25) is 4.79 Å². The third-order valence-electron chi connectivity index (χ3n) is 4.19. The topological polar surface area (TPSA) is 69.6 Å². The van der Waals surface area contributed by atoms with Gasteiger partial charge in [0.05, 0.1) is 5.92 Å². The van der Waals surface area contributed by atoms with Crippen molar-refractivity contribution in [1.82, 2.24) is 10.2 Å². The first-order valence-electron chi connectivity index (χ1n) is 7.85. The summed E-state index contributed by atoms with van der Waals surface area (Å²) in [5.41, 5.74) is 0. The molecular formula is C15H28N2O3. The number of unbranched alkanes of at least 4 members (excludes halogenated alkanes) is 1. The average molecular weight is 284 g/mol. The molecule has 20 heavy (non-hydrogen) atoms. The highest BCUT2D eigenvalue weighted by molar-refractivity contribution is 5.74. The van der Waals surface area contributed by atoms with Gasteiger partial charge in [-0.2, -0.15) is 0 Å². The van der Waals surface area contributed by atoms with Gasteiger partial charge in [0.25, 0.3) is 0 Å². The van der Waals surface area contributed by atoms with Crippen LogP contribution in [0.3, 0.4) is 0 Å².